The smallest absolute Gasteiger partial charge is 0.242 e. The molecule has 134 valence electrons. The monoisotopic (exact) mass is 389 g/mol. The van der Waals surface area contributed by atoms with E-state index in [-0.39, 0.29) is 5.91 Å². The number of carbonyl (C=O) groups excluding carboxylic acids is 1. The highest BCUT2D eigenvalue weighted by atomic mass is 35.5. The van der Waals surface area contributed by atoms with Crippen molar-refractivity contribution >= 4 is 40.1 Å². The van der Waals surface area contributed by atoms with E-state index in [4.69, 9.17) is 27.9 Å². The largest absolute Gasteiger partial charge is 0.493 e. The van der Waals surface area contributed by atoms with Crippen LogP contribution in [0.4, 0.5) is 0 Å². The first-order valence-corrected chi connectivity index (χ1v) is 9.17. The number of aromatic nitrogens is 2. The zero-order valence-electron chi connectivity index (χ0n) is 14.0. The molecule has 0 aliphatic carbocycles. The van der Waals surface area contributed by atoms with E-state index < -0.39 is 0 Å². The molecule has 1 aliphatic rings. The molecular formula is C19H17Cl2N3O2. The van der Waals surface area contributed by atoms with E-state index in [0.29, 0.717) is 42.0 Å². The van der Waals surface area contributed by atoms with Gasteiger partial charge in [0.25, 0.3) is 0 Å². The van der Waals surface area contributed by atoms with Crippen molar-refractivity contribution in [3.63, 3.8) is 0 Å². The summed E-state index contributed by atoms with van der Waals surface area (Å²) >= 11 is 11.9. The van der Waals surface area contributed by atoms with Crippen LogP contribution in [0.25, 0.3) is 11.0 Å². The molecule has 0 N–H and O–H groups in total. The zero-order valence-corrected chi connectivity index (χ0v) is 15.5. The Balaban J connectivity index is 1.35. The summed E-state index contributed by atoms with van der Waals surface area (Å²) in [4.78, 5) is 18.9. The third-order valence-electron chi connectivity index (χ3n) is 4.44. The summed E-state index contributed by atoms with van der Waals surface area (Å²) in [5, 5.41) is 0.968. The molecule has 4 rings (SSSR count). The summed E-state index contributed by atoms with van der Waals surface area (Å²) in [5.41, 5.74) is 1.94. The Bertz CT molecular complexity index is 971. The van der Waals surface area contributed by atoms with E-state index >= 15 is 0 Å². The minimum absolute atomic E-state index is 0.107. The highest BCUT2D eigenvalue weighted by Crippen LogP contribution is 2.26. The van der Waals surface area contributed by atoms with Crippen LogP contribution in [0.3, 0.4) is 0 Å². The van der Waals surface area contributed by atoms with Crippen LogP contribution in [0.5, 0.6) is 5.75 Å². The number of fused-ring (bicyclic) bond motifs is 3. The van der Waals surface area contributed by atoms with Gasteiger partial charge in [-0.25, -0.2) is 4.98 Å². The topological polar surface area (TPSA) is 47.4 Å². The summed E-state index contributed by atoms with van der Waals surface area (Å²) in [6.45, 7) is 1.99. The molecule has 0 unspecified atom stereocenters. The van der Waals surface area contributed by atoms with Crippen LogP contribution >= 0.6 is 23.2 Å². The molecule has 0 atom stereocenters. The lowest BCUT2D eigenvalue weighted by Gasteiger charge is -2.27. The van der Waals surface area contributed by atoms with Crippen molar-refractivity contribution < 1.29 is 9.53 Å². The molecule has 1 aliphatic heterocycles. The quantitative estimate of drug-likeness (QED) is 0.615. The Morgan fingerprint density at radius 2 is 1.92 bits per heavy atom. The number of amides is 1. The summed E-state index contributed by atoms with van der Waals surface area (Å²) in [6, 6.07) is 13.1. The Labute approximate surface area is 161 Å². The fourth-order valence-electron chi connectivity index (χ4n) is 3.13. The van der Waals surface area contributed by atoms with E-state index in [9.17, 15) is 4.79 Å². The van der Waals surface area contributed by atoms with Gasteiger partial charge in [0.1, 0.15) is 18.1 Å². The van der Waals surface area contributed by atoms with Gasteiger partial charge in [0.05, 0.1) is 34.2 Å². The van der Waals surface area contributed by atoms with Gasteiger partial charge in [0.2, 0.25) is 5.91 Å². The number of halogens is 2. The third kappa shape index (κ3) is 3.37. The highest BCUT2D eigenvalue weighted by molar-refractivity contribution is 6.42. The molecule has 3 aromatic rings. The van der Waals surface area contributed by atoms with Gasteiger partial charge >= 0.3 is 0 Å². The molecule has 2 aromatic carbocycles. The maximum absolute atomic E-state index is 12.4. The van der Waals surface area contributed by atoms with Crippen molar-refractivity contribution in [3.05, 3.63) is 58.3 Å². The minimum Gasteiger partial charge on any atom is -0.493 e. The predicted octanol–water partition coefficient (Wildman–Crippen LogP) is 4.15. The summed E-state index contributed by atoms with van der Waals surface area (Å²) in [5.74, 6) is 1.71. The second-order valence-electron chi connectivity index (χ2n) is 6.20. The minimum atomic E-state index is 0.107. The number of nitrogens with zero attached hydrogens (tertiary/aromatic N) is 3. The summed E-state index contributed by atoms with van der Waals surface area (Å²) in [6.07, 6.45) is 0.728. The van der Waals surface area contributed by atoms with Crippen molar-refractivity contribution in [2.24, 2.45) is 0 Å². The van der Waals surface area contributed by atoms with E-state index in [1.165, 1.54) is 0 Å². The lowest BCUT2D eigenvalue weighted by atomic mass is 10.3. The van der Waals surface area contributed by atoms with Gasteiger partial charge in [-0.2, -0.15) is 0 Å². The van der Waals surface area contributed by atoms with Gasteiger partial charge in [-0.1, -0.05) is 35.3 Å². The number of hydrogen-bond acceptors (Lipinski definition) is 3. The molecular weight excluding hydrogens is 373 g/mol. The maximum atomic E-state index is 12.4. The van der Waals surface area contributed by atoms with Crippen LogP contribution in [-0.4, -0.2) is 33.5 Å². The Hall–Kier alpha value is -2.24. The molecule has 0 saturated heterocycles. The Morgan fingerprint density at radius 3 is 2.77 bits per heavy atom. The Morgan fingerprint density at radius 1 is 1.08 bits per heavy atom. The molecule has 0 bridgehead atoms. The van der Waals surface area contributed by atoms with Crippen molar-refractivity contribution in [2.45, 2.75) is 19.5 Å². The van der Waals surface area contributed by atoms with Crippen molar-refractivity contribution in [1.82, 2.24) is 14.5 Å². The molecule has 0 fully saturated rings. The molecule has 0 spiro atoms. The van der Waals surface area contributed by atoms with Crippen LogP contribution in [-0.2, 0) is 17.9 Å². The van der Waals surface area contributed by atoms with Crippen LogP contribution < -0.4 is 4.74 Å². The fraction of sp³-hybridized carbons (Fsp3) is 0.263. The summed E-state index contributed by atoms with van der Waals surface area (Å²) in [7, 11) is 0. The van der Waals surface area contributed by atoms with Gasteiger partial charge in [0.15, 0.2) is 0 Å². The van der Waals surface area contributed by atoms with Gasteiger partial charge in [0, 0.05) is 12.6 Å². The van der Waals surface area contributed by atoms with Gasteiger partial charge in [-0.3, -0.25) is 4.79 Å². The fourth-order valence-corrected chi connectivity index (χ4v) is 3.42. The first-order chi connectivity index (χ1) is 12.6. The second kappa shape index (κ2) is 7.17. The van der Waals surface area contributed by atoms with Crippen molar-refractivity contribution in [3.8, 4) is 5.75 Å². The molecule has 5 nitrogen and oxygen atoms in total. The number of para-hydroxylation sites is 2. The second-order valence-corrected chi connectivity index (χ2v) is 7.01. The van der Waals surface area contributed by atoms with E-state index in [2.05, 4.69) is 4.98 Å². The number of ether oxygens (including phenoxy) is 1. The van der Waals surface area contributed by atoms with Gasteiger partial charge < -0.3 is 14.2 Å². The SMILES string of the molecule is O=C1Cn2c(nc3ccccc32)CN1CCCOc1ccc(Cl)c(Cl)c1. The summed E-state index contributed by atoms with van der Waals surface area (Å²) < 4.78 is 7.68. The number of imidazole rings is 1. The molecule has 1 aromatic heterocycles. The van der Waals surface area contributed by atoms with E-state index in [0.717, 1.165) is 23.3 Å². The molecule has 0 saturated carbocycles. The number of carbonyl (C=O) groups is 1. The predicted molar refractivity (Wildman–Crippen MR) is 102 cm³/mol. The molecule has 1 amide bonds. The maximum Gasteiger partial charge on any atom is 0.242 e. The average Bonchev–Trinajstić information content (AvgIpc) is 2.99. The number of hydrogen-bond donors (Lipinski definition) is 0. The first-order valence-electron chi connectivity index (χ1n) is 8.41. The third-order valence-corrected chi connectivity index (χ3v) is 5.18. The lowest BCUT2D eigenvalue weighted by Crippen LogP contribution is -2.40. The molecule has 0 radical (unpaired) electrons. The molecule has 2 heterocycles. The van der Waals surface area contributed by atoms with Crippen molar-refractivity contribution in [1.29, 1.82) is 0 Å². The van der Waals surface area contributed by atoms with Gasteiger partial charge in [-0.05, 0) is 30.7 Å². The first kappa shape index (κ1) is 17.2. The van der Waals surface area contributed by atoms with Crippen molar-refractivity contribution in [2.75, 3.05) is 13.2 Å². The van der Waals surface area contributed by atoms with Crippen LogP contribution in [0.2, 0.25) is 10.0 Å². The normalized spacial score (nSPS) is 13.9. The zero-order chi connectivity index (χ0) is 18.1. The highest BCUT2D eigenvalue weighted by Gasteiger charge is 2.25. The van der Waals surface area contributed by atoms with Crippen LogP contribution in [0.1, 0.15) is 12.2 Å². The number of benzene rings is 2. The molecule has 7 heteroatoms. The average molecular weight is 390 g/mol. The van der Waals surface area contributed by atoms with Crippen LogP contribution in [0, 0.1) is 0 Å². The molecule has 26 heavy (non-hydrogen) atoms. The van der Waals surface area contributed by atoms with E-state index in [1.54, 1.807) is 18.2 Å². The number of rotatable bonds is 5. The lowest BCUT2D eigenvalue weighted by molar-refractivity contribution is -0.134. The standard InChI is InChI=1S/C19H17Cl2N3O2/c20-14-7-6-13(10-15(14)21)26-9-3-8-23-11-18-22-16-4-1-2-5-17(16)24(18)12-19(23)25/h1-2,4-7,10H,3,8-9,11-12H2. The van der Waals surface area contributed by atoms with Gasteiger partial charge in [-0.15, -0.1) is 0 Å². The van der Waals surface area contributed by atoms with Crippen LogP contribution in [0.15, 0.2) is 42.5 Å². The Kier molecular flexibility index (Phi) is 4.74. The van der Waals surface area contributed by atoms with E-state index in [1.807, 2.05) is 33.7 Å².